The molecule has 0 aliphatic carbocycles. The SMILES string of the molecule is COc1cccc(C(SCC(O)CO)C(C)N)c1. The number of nitrogens with two attached hydrogens (primary N) is 1. The van der Waals surface area contributed by atoms with Crippen molar-refractivity contribution in [3.8, 4) is 5.75 Å². The van der Waals surface area contributed by atoms with Gasteiger partial charge in [0.05, 0.1) is 19.8 Å². The maximum Gasteiger partial charge on any atom is 0.119 e. The molecular formula is C13H21NO3S. The van der Waals surface area contributed by atoms with Crippen LogP contribution in [0.3, 0.4) is 0 Å². The van der Waals surface area contributed by atoms with Gasteiger partial charge in [-0.15, -0.1) is 11.8 Å². The predicted molar refractivity (Wildman–Crippen MR) is 74.9 cm³/mol. The second kappa shape index (κ2) is 7.63. The molecule has 0 amide bonds. The molecule has 0 aromatic heterocycles. The van der Waals surface area contributed by atoms with E-state index in [0.717, 1.165) is 11.3 Å². The minimum atomic E-state index is -0.707. The van der Waals surface area contributed by atoms with E-state index in [4.69, 9.17) is 15.6 Å². The van der Waals surface area contributed by atoms with E-state index in [0.29, 0.717) is 5.75 Å². The molecule has 18 heavy (non-hydrogen) atoms. The Balaban J connectivity index is 2.77. The third-order valence-corrected chi connectivity index (χ3v) is 4.22. The lowest BCUT2D eigenvalue weighted by Gasteiger charge is -2.22. The normalized spacial score (nSPS) is 16.1. The molecule has 0 saturated carbocycles. The average molecular weight is 271 g/mol. The Labute approximate surface area is 112 Å². The van der Waals surface area contributed by atoms with Gasteiger partial charge in [0.2, 0.25) is 0 Å². The smallest absolute Gasteiger partial charge is 0.119 e. The van der Waals surface area contributed by atoms with Crippen LogP contribution in [0.15, 0.2) is 24.3 Å². The highest BCUT2D eigenvalue weighted by Gasteiger charge is 2.18. The zero-order valence-corrected chi connectivity index (χ0v) is 11.6. The maximum atomic E-state index is 9.40. The number of hydrogen-bond acceptors (Lipinski definition) is 5. The standard InChI is InChI=1S/C13H21NO3S/c1-9(14)13(18-8-11(16)7-15)10-4-3-5-12(6-10)17-2/h3-6,9,11,13,15-16H,7-8,14H2,1-2H3. The molecule has 1 rings (SSSR count). The Morgan fingerprint density at radius 3 is 2.72 bits per heavy atom. The monoisotopic (exact) mass is 271 g/mol. The number of thioether (sulfide) groups is 1. The van der Waals surface area contributed by atoms with Gasteiger partial charge in [0.15, 0.2) is 0 Å². The zero-order valence-electron chi connectivity index (χ0n) is 10.7. The molecule has 1 aromatic carbocycles. The molecule has 0 aliphatic rings. The van der Waals surface area contributed by atoms with Crippen LogP contribution in [0.1, 0.15) is 17.7 Å². The van der Waals surface area contributed by atoms with E-state index in [2.05, 4.69) is 0 Å². The first kappa shape index (κ1) is 15.3. The van der Waals surface area contributed by atoms with Gasteiger partial charge in [0.25, 0.3) is 0 Å². The van der Waals surface area contributed by atoms with Crippen molar-refractivity contribution in [1.82, 2.24) is 0 Å². The molecule has 4 N–H and O–H groups in total. The fourth-order valence-electron chi connectivity index (χ4n) is 1.64. The second-order valence-electron chi connectivity index (χ2n) is 4.23. The Bertz CT molecular complexity index is 360. The summed E-state index contributed by atoms with van der Waals surface area (Å²) in [5.74, 6) is 1.25. The van der Waals surface area contributed by atoms with Crippen LogP contribution in [0, 0.1) is 0 Å². The van der Waals surface area contributed by atoms with Crippen molar-refractivity contribution in [1.29, 1.82) is 0 Å². The van der Waals surface area contributed by atoms with E-state index >= 15 is 0 Å². The van der Waals surface area contributed by atoms with Crippen molar-refractivity contribution in [2.45, 2.75) is 24.3 Å². The molecule has 5 heteroatoms. The third-order valence-electron chi connectivity index (χ3n) is 2.58. The summed E-state index contributed by atoms with van der Waals surface area (Å²) in [4.78, 5) is 0. The summed E-state index contributed by atoms with van der Waals surface area (Å²) in [5.41, 5.74) is 7.05. The highest BCUT2D eigenvalue weighted by atomic mass is 32.2. The van der Waals surface area contributed by atoms with Crippen molar-refractivity contribution in [3.05, 3.63) is 29.8 Å². The van der Waals surface area contributed by atoms with E-state index in [1.807, 2.05) is 31.2 Å². The van der Waals surface area contributed by atoms with Crippen molar-refractivity contribution >= 4 is 11.8 Å². The molecule has 0 aliphatic heterocycles. The van der Waals surface area contributed by atoms with Crippen molar-refractivity contribution in [3.63, 3.8) is 0 Å². The van der Waals surface area contributed by atoms with Crippen molar-refractivity contribution < 1.29 is 14.9 Å². The number of benzene rings is 1. The van der Waals surface area contributed by atoms with Gasteiger partial charge in [-0.05, 0) is 24.6 Å². The van der Waals surface area contributed by atoms with Crippen LogP contribution in [-0.2, 0) is 0 Å². The molecule has 102 valence electrons. The fraction of sp³-hybridized carbons (Fsp3) is 0.538. The van der Waals surface area contributed by atoms with E-state index in [1.165, 1.54) is 0 Å². The summed E-state index contributed by atoms with van der Waals surface area (Å²) in [7, 11) is 1.63. The summed E-state index contributed by atoms with van der Waals surface area (Å²) in [6, 6.07) is 7.70. The molecular weight excluding hydrogens is 250 g/mol. The first-order chi connectivity index (χ1) is 8.58. The van der Waals surface area contributed by atoms with E-state index < -0.39 is 6.10 Å². The molecule has 0 spiro atoms. The Morgan fingerprint density at radius 1 is 1.44 bits per heavy atom. The summed E-state index contributed by atoms with van der Waals surface area (Å²) in [6.07, 6.45) is -0.707. The molecule has 0 heterocycles. The Morgan fingerprint density at radius 2 is 2.17 bits per heavy atom. The number of methoxy groups -OCH3 is 1. The zero-order chi connectivity index (χ0) is 13.5. The average Bonchev–Trinajstić information content (AvgIpc) is 2.38. The molecule has 0 fully saturated rings. The number of aliphatic hydroxyl groups excluding tert-OH is 2. The highest BCUT2D eigenvalue weighted by molar-refractivity contribution is 7.99. The van der Waals surface area contributed by atoms with Crippen LogP contribution >= 0.6 is 11.8 Å². The molecule has 0 radical (unpaired) electrons. The van der Waals surface area contributed by atoms with Gasteiger partial charge in [-0.1, -0.05) is 12.1 Å². The molecule has 4 nitrogen and oxygen atoms in total. The molecule has 1 aromatic rings. The number of rotatable bonds is 7. The van der Waals surface area contributed by atoms with Gasteiger partial charge in [-0.2, -0.15) is 0 Å². The van der Waals surface area contributed by atoms with Crippen LogP contribution in [0.2, 0.25) is 0 Å². The quantitative estimate of drug-likeness (QED) is 0.694. The first-order valence-electron chi connectivity index (χ1n) is 5.88. The highest BCUT2D eigenvalue weighted by Crippen LogP contribution is 2.33. The van der Waals surface area contributed by atoms with Crippen LogP contribution in [0.5, 0.6) is 5.75 Å². The first-order valence-corrected chi connectivity index (χ1v) is 6.93. The van der Waals surface area contributed by atoms with Gasteiger partial charge >= 0.3 is 0 Å². The molecule has 3 atom stereocenters. The minimum Gasteiger partial charge on any atom is -0.497 e. The summed E-state index contributed by atoms with van der Waals surface area (Å²) in [6.45, 7) is 1.71. The fourth-order valence-corrected chi connectivity index (χ4v) is 2.82. The van der Waals surface area contributed by atoms with Crippen LogP contribution in [0.25, 0.3) is 0 Å². The number of ether oxygens (including phenoxy) is 1. The van der Waals surface area contributed by atoms with Gasteiger partial charge in [0.1, 0.15) is 5.75 Å². The molecule has 0 bridgehead atoms. The second-order valence-corrected chi connectivity index (χ2v) is 5.40. The summed E-state index contributed by atoms with van der Waals surface area (Å²) >= 11 is 1.54. The summed E-state index contributed by atoms with van der Waals surface area (Å²) < 4.78 is 5.19. The lowest BCUT2D eigenvalue weighted by molar-refractivity contribution is 0.113. The maximum absolute atomic E-state index is 9.40. The van der Waals surface area contributed by atoms with E-state index in [1.54, 1.807) is 18.9 Å². The largest absolute Gasteiger partial charge is 0.497 e. The van der Waals surface area contributed by atoms with Crippen LogP contribution < -0.4 is 10.5 Å². The lowest BCUT2D eigenvalue weighted by Crippen LogP contribution is -2.25. The van der Waals surface area contributed by atoms with Crippen LogP contribution in [-0.4, -0.2) is 41.8 Å². The molecule has 0 saturated heterocycles. The van der Waals surface area contributed by atoms with Crippen LogP contribution in [0.4, 0.5) is 0 Å². The van der Waals surface area contributed by atoms with Gasteiger partial charge in [0, 0.05) is 17.0 Å². The predicted octanol–water partition coefficient (Wildman–Crippen LogP) is 1.17. The molecule has 3 unspecified atom stereocenters. The topological polar surface area (TPSA) is 75.7 Å². The van der Waals surface area contributed by atoms with Gasteiger partial charge < -0.3 is 20.7 Å². The van der Waals surface area contributed by atoms with E-state index in [-0.39, 0.29) is 17.9 Å². The third kappa shape index (κ3) is 4.49. The number of aliphatic hydroxyl groups is 2. The van der Waals surface area contributed by atoms with Gasteiger partial charge in [-0.25, -0.2) is 0 Å². The Hall–Kier alpha value is -0.750. The Kier molecular flexibility index (Phi) is 6.49. The van der Waals surface area contributed by atoms with E-state index in [9.17, 15) is 5.11 Å². The van der Waals surface area contributed by atoms with Crippen molar-refractivity contribution in [2.24, 2.45) is 5.73 Å². The minimum absolute atomic E-state index is 0.0481. The summed E-state index contributed by atoms with van der Waals surface area (Å²) in [5, 5.41) is 18.3. The van der Waals surface area contributed by atoms with Gasteiger partial charge in [-0.3, -0.25) is 0 Å². The lowest BCUT2D eigenvalue weighted by atomic mass is 10.1. The number of hydrogen-bond donors (Lipinski definition) is 3. The van der Waals surface area contributed by atoms with Crippen molar-refractivity contribution in [2.75, 3.05) is 19.5 Å².